The largest absolute Gasteiger partial charge is 0.468 e. The summed E-state index contributed by atoms with van der Waals surface area (Å²) >= 11 is 0. The van der Waals surface area contributed by atoms with Gasteiger partial charge in [-0.2, -0.15) is 0 Å². The molecule has 2 rings (SSSR count). The molecule has 2 unspecified atom stereocenters. The van der Waals surface area contributed by atoms with Gasteiger partial charge in [0.05, 0.1) is 18.6 Å². The van der Waals surface area contributed by atoms with E-state index in [1.165, 1.54) is 0 Å². The number of hydrogen-bond acceptors (Lipinski definition) is 5. The standard InChI is InChI=1S/C12H13F2NO4S/c1-19-12(16)11-6-20(17,18)5-10(15-11)7-2-8(13)4-9(14)3-7/h2-4,10-11,15H,5-6H2,1H3. The molecule has 0 amide bonds. The third-order valence-electron chi connectivity index (χ3n) is 3.02. The lowest BCUT2D eigenvalue weighted by Gasteiger charge is -2.29. The molecule has 110 valence electrons. The molecule has 0 bridgehead atoms. The van der Waals surface area contributed by atoms with Crippen LogP contribution >= 0.6 is 0 Å². The Hall–Kier alpha value is -1.54. The van der Waals surface area contributed by atoms with Crippen molar-refractivity contribution in [3.05, 3.63) is 35.4 Å². The summed E-state index contributed by atoms with van der Waals surface area (Å²) < 4.78 is 54.5. The summed E-state index contributed by atoms with van der Waals surface area (Å²) in [6, 6.07) is 0.864. The number of hydrogen-bond donors (Lipinski definition) is 1. The van der Waals surface area contributed by atoms with Crippen LogP contribution in [0, 0.1) is 11.6 Å². The minimum atomic E-state index is -3.52. The SMILES string of the molecule is COC(=O)C1CS(=O)(=O)CC(c2cc(F)cc(F)c2)N1. The van der Waals surface area contributed by atoms with Crippen molar-refractivity contribution in [2.75, 3.05) is 18.6 Å². The van der Waals surface area contributed by atoms with Gasteiger partial charge < -0.3 is 4.74 Å². The highest BCUT2D eigenvalue weighted by molar-refractivity contribution is 7.91. The van der Waals surface area contributed by atoms with E-state index in [1.807, 2.05) is 0 Å². The zero-order valence-corrected chi connectivity index (χ0v) is 11.4. The highest BCUT2D eigenvalue weighted by atomic mass is 32.2. The monoisotopic (exact) mass is 305 g/mol. The highest BCUT2D eigenvalue weighted by Gasteiger charge is 2.36. The number of sulfone groups is 1. The van der Waals surface area contributed by atoms with Crippen molar-refractivity contribution >= 4 is 15.8 Å². The number of ether oxygens (including phenoxy) is 1. The fraction of sp³-hybridized carbons (Fsp3) is 0.417. The highest BCUT2D eigenvalue weighted by Crippen LogP contribution is 2.23. The number of esters is 1. The smallest absolute Gasteiger partial charge is 0.323 e. The van der Waals surface area contributed by atoms with Gasteiger partial charge in [-0.1, -0.05) is 0 Å². The number of benzene rings is 1. The van der Waals surface area contributed by atoms with Gasteiger partial charge in [0.2, 0.25) is 0 Å². The van der Waals surface area contributed by atoms with Crippen molar-refractivity contribution in [2.45, 2.75) is 12.1 Å². The zero-order valence-electron chi connectivity index (χ0n) is 10.6. The molecule has 0 saturated carbocycles. The maximum absolute atomic E-state index is 13.2. The lowest BCUT2D eigenvalue weighted by atomic mass is 10.1. The molecule has 0 aliphatic carbocycles. The van der Waals surface area contributed by atoms with E-state index in [0.717, 1.165) is 19.2 Å². The van der Waals surface area contributed by atoms with E-state index >= 15 is 0 Å². The third kappa shape index (κ3) is 3.31. The minimum Gasteiger partial charge on any atom is -0.468 e. The first kappa shape index (κ1) is 14.9. The fourth-order valence-electron chi connectivity index (χ4n) is 2.16. The zero-order chi connectivity index (χ0) is 14.9. The Balaban J connectivity index is 2.33. The average Bonchev–Trinajstić information content (AvgIpc) is 2.34. The van der Waals surface area contributed by atoms with Crippen LogP contribution in [0.4, 0.5) is 8.78 Å². The van der Waals surface area contributed by atoms with Gasteiger partial charge in [0.1, 0.15) is 17.7 Å². The van der Waals surface area contributed by atoms with Crippen LogP contribution in [-0.4, -0.2) is 39.0 Å². The van der Waals surface area contributed by atoms with E-state index in [4.69, 9.17) is 0 Å². The molecule has 1 aromatic carbocycles. The van der Waals surface area contributed by atoms with Gasteiger partial charge in [-0.05, 0) is 17.7 Å². The first-order valence-electron chi connectivity index (χ1n) is 5.81. The van der Waals surface area contributed by atoms with Gasteiger partial charge in [0, 0.05) is 12.1 Å². The Bertz CT molecular complexity index is 612. The van der Waals surface area contributed by atoms with Crippen molar-refractivity contribution in [3.63, 3.8) is 0 Å². The van der Waals surface area contributed by atoms with Crippen molar-refractivity contribution in [3.8, 4) is 0 Å². The number of nitrogens with one attached hydrogen (secondary N) is 1. The van der Waals surface area contributed by atoms with E-state index in [0.29, 0.717) is 6.07 Å². The molecule has 1 aliphatic heterocycles. The summed E-state index contributed by atoms with van der Waals surface area (Å²) in [4.78, 5) is 11.5. The minimum absolute atomic E-state index is 0.139. The van der Waals surface area contributed by atoms with Crippen LogP contribution in [0.1, 0.15) is 11.6 Å². The Morgan fingerprint density at radius 3 is 2.40 bits per heavy atom. The van der Waals surface area contributed by atoms with Crippen molar-refractivity contribution < 1.29 is 26.7 Å². The first-order chi connectivity index (χ1) is 9.30. The maximum Gasteiger partial charge on any atom is 0.323 e. The lowest BCUT2D eigenvalue weighted by molar-refractivity contribution is -0.142. The van der Waals surface area contributed by atoms with Gasteiger partial charge in [-0.25, -0.2) is 17.2 Å². The van der Waals surface area contributed by atoms with E-state index < -0.39 is 45.3 Å². The summed E-state index contributed by atoms with van der Waals surface area (Å²) in [5.74, 6) is -3.06. The number of halogens is 2. The molecule has 1 N–H and O–H groups in total. The van der Waals surface area contributed by atoms with Gasteiger partial charge in [-0.15, -0.1) is 0 Å². The van der Waals surface area contributed by atoms with Gasteiger partial charge >= 0.3 is 5.97 Å². The quantitative estimate of drug-likeness (QED) is 0.809. The van der Waals surface area contributed by atoms with Crippen LogP contribution in [-0.2, 0) is 19.4 Å². The molecule has 0 spiro atoms. The molecule has 1 fully saturated rings. The molecule has 1 aromatic rings. The Morgan fingerprint density at radius 1 is 1.25 bits per heavy atom. The molecule has 5 nitrogen and oxygen atoms in total. The molecule has 1 heterocycles. The molecular formula is C12H13F2NO4S. The van der Waals surface area contributed by atoms with Gasteiger partial charge in [0.15, 0.2) is 9.84 Å². The summed E-state index contributed by atoms with van der Waals surface area (Å²) in [6.45, 7) is 0. The van der Waals surface area contributed by atoms with E-state index in [-0.39, 0.29) is 11.3 Å². The molecular weight excluding hydrogens is 292 g/mol. The molecule has 0 aromatic heterocycles. The molecule has 0 radical (unpaired) electrons. The van der Waals surface area contributed by atoms with E-state index in [9.17, 15) is 22.0 Å². The molecule has 1 aliphatic rings. The number of methoxy groups -OCH3 is 1. The Labute approximate surface area is 114 Å². The van der Waals surface area contributed by atoms with Gasteiger partial charge in [-0.3, -0.25) is 10.1 Å². The molecule has 1 saturated heterocycles. The molecule has 8 heteroatoms. The average molecular weight is 305 g/mol. The fourth-order valence-corrected chi connectivity index (χ4v) is 3.83. The summed E-state index contributed by atoms with van der Waals surface area (Å²) in [5.41, 5.74) is 0.139. The van der Waals surface area contributed by atoms with Crippen LogP contribution < -0.4 is 5.32 Å². The Morgan fingerprint density at radius 2 is 1.85 bits per heavy atom. The second-order valence-electron chi connectivity index (χ2n) is 4.57. The predicted octanol–water partition coefficient (Wildman–Crippen LogP) is 0.566. The summed E-state index contributed by atoms with van der Waals surface area (Å²) in [7, 11) is -2.38. The van der Waals surface area contributed by atoms with Crippen molar-refractivity contribution in [2.24, 2.45) is 0 Å². The summed E-state index contributed by atoms with van der Waals surface area (Å²) in [6.07, 6.45) is 0. The third-order valence-corrected chi connectivity index (χ3v) is 4.70. The van der Waals surface area contributed by atoms with Crippen LogP contribution in [0.3, 0.4) is 0 Å². The Kier molecular flexibility index (Phi) is 4.05. The maximum atomic E-state index is 13.2. The molecule has 2 atom stereocenters. The topological polar surface area (TPSA) is 72.5 Å². The second kappa shape index (κ2) is 5.45. The van der Waals surface area contributed by atoms with Crippen LogP contribution in [0.5, 0.6) is 0 Å². The van der Waals surface area contributed by atoms with Gasteiger partial charge in [0.25, 0.3) is 0 Å². The van der Waals surface area contributed by atoms with Crippen LogP contribution in [0.25, 0.3) is 0 Å². The van der Waals surface area contributed by atoms with Crippen LogP contribution in [0.15, 0.2) is 18.2 Å². The number of carbonyl (C=O) groups is 1. The van der Waals surface area contributed by atoms with E-state index in [1.54, 1.807) is 0 Å². The van der Waals surface area contributed by atoms with E-state index in [2.05, 4.69) is 10.1 Å². The lowest BCUT2D eigenvalue weighted by Crippen LogP contribution is -2.51. The normalized spacial score (nSPS) is 25.1. The molecule has 20 heavy (non-hydrogen) atoms. The number of rotatable bonds is 2. The second-order valence-corrected chi connectivity index (χ2v) is 6.73. The number of carbonyl (C=O) groups excluding carboxylic acids is 1. The van der Waals surface area contributed by atoms with Crippen LogP contribution in [0.2, 0.25) is 0 Å². The summed E-state index contributed by atoms with van der Waals surface area (Å²) in [5, 5.41) is 2.74. The predicted molar refractivity (Wildman–Crippen MR) is 66.7 cm³/mol. The van der Waals surface area contributed by atoms with Crippen molar-refractivity contribution in [1.29, 1.82) is 0 Å². The van der Waals surface area contributed by atoms with Crippen molar-refractivity contribution in [1.82, 2.24) is 5.32 Å². The first-order valence-corrected chi connectivity index (χ1v) is 7.63.